The quantitative estimate of drug-likeness (QED) is 0.359. The van der Waals surface area contributed by atoms with Crippen LogP contribution in [-0.4, -0.2) is 37.5 Å². The lowest BCUT2D eigenvalue weighted by molar-refractivity contribution is -0.118. The number of anilines is 1. The number of thiocarbonyl (C=S) groups is 1. The molecule has 3 N–H and O–H groups in total. The number of hydrazone groups is 1. The topological polar surface area (TPSA) is 84.0 Å². The number of hydrogen-bond acceptors (Lipinski definition) is 5. The van der Waals surface area contributed by atoms with Crippen LogP contribution < -0.4 is 25.5 Å². The summed E-state index contributed by atoms with van der Waals surface area (Å²) < 4.78 is 10.9. The number of amides is 1. The van der Waals surface area contributed by atoms with E-state index >= 15 is 0 Å². The number of benzene rings is 2. The van der Waals surface area contributed by atoms with Crippen molar-refractivity contribution in [2.45, 2.75) is 13.8 Å². The van der Waals surface area contributed by atoms with Crippen molar-refractivity contribution in [1.82, 2.24) is 10.7 Å². The lowest BCUT2D eigenvalue weighted by Crippen LogP contribution is -2.31. The average molecular weight is 401 g/mol. The van der Waals surface area contributed by atoms with Crippen LogP contribution in [0.25, 0.3) is 0 Å². The third-order valence-corrected chi connectivity index (χ3v) is 3.83. The summed E-state index contributed by atoms with van der Waals surface area (Å²) in [5.74, 6) is 0.717. The standard InChI is InChI=1S/C20H24N4O3S/c1-4-21-20(28)24-22-12-15-7-10-17(18(11-15)26-3)27-13-19(25)23-16-8-5-14(2)6-9-16/h5-12H,4,13H2,1-3H3,(H,23,25)(H2,21,24,28)/b22-12+. The Balaban J connectivity index is 1.92. The number of carbonyl (C=O) groups excluding carboxylic acids is 1. The van der Waals surface area contributed by atoms with E-state index < -0.39 is 0 Å². The zero-order chi connectivity index (χ0) is 20.4. The maximum absolute atomic E-state index is 12.1. The summed E-state index contributed by atoms with van der Waals surface area (Å²) in [6.45, 7) is 4.53. The van der Waals surface area contributed by atoms with Gasteiger partial charge in [-0.25, -0.2) is 0 Å². The van der Waals surface area contributed by atoms with E-state index in [9.17, 15) is 4.79 Å². The lowest BCUT2D eigenvalue weighted by atomic mass is 10.2. The number of nitrogens with zero attached hydrogens (tertiary/aromatic N) is 1. The number of nitrogens with one attached hydrogen (secondary N) is 3. The van der Waals surface area contributed by atoms with Gasteiger partial charge in [-0.15, -0.1) is 0 Å². The second-order valence-electron chi connectivity index (χ2n) is 5.84. The average Bonchev–Trinajstić information content (AvgIpc) is 2.68. The van der Waals surface area contributed by atoms with Crippen LogP contribution in [0.15, 0.2) is 47.6 Å². The van der Waals surface area contributed by atoms with Crippen molar-refractivity contribution in [2.75, 3.05) is 25.6 Å². The molecule has 0 atom stereocenters. The van der Waals surface area contributed by atoms with E-state index in [0.717, 1.165) is 23.4 Å². The van der Waals surface area contributed by atoms with Crippen LogP contribution in [0.2, 0.25) is 0 Å². The summed E-state index contributed by atoms with van der Waals surface area (Å²) in [5.41, 5.74) is 5.36. The fraction of sp³-hybridized carbons (Fsp3) is 0.250. The molecule has 0 saturated carbocycles. The number of rotatable bonds is 8. The van der Waals surface area contributed by atoms with Crippen LogP contribution in [0.3, 0.4) is 0 Å². The molecule has 2 aromatic carbocycles. The van der Waals surface area contributed by atoms with Crippen LogP contribution in [-0.2, 0) is 4.79 Å². The first-order valence-electron chi connectivity index (χ1n) is 8.76. The maximum atomic E-state index is 12.1. The maximum Gasteiger partial charge on any atom is 0.262 e. The summed E-state index contributed by atoms with van der Waals surface area (Å²) >= 11 is 5.03. The molecule has 2 rings (SSSR count). The Hall–Kier alpha value is -3.13. The van der Waals surface area contributed by atoms with Crippen LogP contribution in [0, 0.1) is 6.92 Å². The van der Waals surface area contributed by atoms with Gasteiger partial charge < -0.3 is 20.1 Å². The summed E-state index contributed by atoms with van der Waals surface area (Å²) in [4.78, 5) is 12.1. The second-order valence-corrected chi connectivity index (χ2v) is 6.25. The molecule has 148 valence electrons. The smallest absolute Gasteiger partial charge is 0.262 e. The first kappa shape index (κ1) is 21.2. The Kier molecular flexibility index (Phi) is 8.23. The molecule has 8 heteroatoms. The number of hydrogen-bond donors (Lipinski definition) is 3. The van der Waals surface area contributed by atoms with Crippen molar-refractivity contribution < 1.29 is 14.3 Å². The van der Waals surface area contributed by atoms with Crippen molar-refractivity contribution in [1.29, 1.82) is 0 Å². The molecule has 0 fully saturated rings. The monoisotopic (exact) mass is 400 g/mol. The van der Waals surface area contributed by atoms with Crippen LogP contribution in [0.4, 0.5) is 5.69 Å². The minimum Gasteiger partial charge on any atom is -0.493 e. The molecule has 0 spiro atoms. The molecule has 0 saturated heterocycles. The molecule has 0 aliphatic heterocycles. The van der Waals surface area contributed by atoms with Crippen molar-refractivity contribution in [2.24, 2.45) is 5.10 Å². The SMILES string of the molecule is CCNC(=S)N/N=C/c1ccc(OCC(=O)Nc2ccc(C)cc2)c(OC)c1. The van der Waals surface area contributed by atoms with Gasteiger partial charge in [-0.3, -0.25) is 10.2 Å². The van der Waals surface area contributed by atoms with E-state index in [2.05, 4.69) is 21.2 Å². The second kappa shape index (κ2) is 10.9. The van der Waals surface area contributed by atoms with Gasteiger partial charge in [-0.2, -0.15) is 5.10 Å². The zero-order valence-electron chi connectivity index (χ0n) is 16.1. The molecule has 0 aromatic heterocycles. The molecule has 7 nitrogen and oxygen atoms in total. The Morgan fingerprint density at radius 1 is 1.18 bits per heavy atom. The van der Waals surface area contributed by atoms with Gasteiger partial charge in [-0.1, -0.05) is 17.7 Å². The highest BCUT2D eigenvalue weighted by Crippen LogP contribution is 2.27. The highest BCUT2D eigenvalue weighted by Gasteiger charge is 2.09. The number of methoxy groups -OCH3 is 1. The fourth-order valence-electron chi connectivity index (χ4n) is 2.23. The largest absolute Gasteiger partial charge is 0.493 e. The molecule has 0 radical (unpaired) electrons. The van der Waals surface area contributed by atoms with Gasteiger partial charge in [0.1, 0.15) is 0 Å². The Morgan fingerprint density at radius 2 is 1.93 bits per heavy atom. The highest BCUT2D eigenvalue weighted by atomic mass is 32.1. The van der Waals surface area contributed by atoms with Gasteiger partial charge >= 0.3 is 0 Å². The molecule has 2 aromatic rings. The van der Waals surface area contributed by atoms with Gasteiger partial charge in [0.05, 0.1) is 13.3 Å². The molecule has 0 heterocycles. The van der Waals surface area contributed by atoms with E-state index in [4.69, 9.17) is 21.7 Å². The molecule has 1 amide bonds. The van der Waals surface area contributed by atoms with Gasteiger partial charge in [0.15, 0.2) is 23.2 Å². The Labute approximate surface area is 170 Å². The lowest BCUT2D eigenvalue weighted by Gasteiger charge is -2.11. The third kappa shape index (κ3) is 6.88. The summed E-state index contributed by atoms with van der Waals surface area (Å²) in [6.07, 6.45) is 1.61. The normalized spacial score (nSPS) is 10.4. The third-order valence-electron chi connectivity index (χ3n) is 3.60. The van der Waals surface area contributed by atoms with E-state index in [-0.39, 0.29) is 12.5 Å². The Morgan fingerprint density at radius 3 is 2.61 bits per heavy atom. The van der Waals surface area contributed by atoms with Crippen LogP contribution in [0.1, 0.15) is 18.1 Å². The minimum atomic E-state index is -0.252. The van der Waals surface area contributed by atoms with Crippen molar-refractivity contribution in [3.05, 3.63) is 53.6 Å². The van der Waals surface area contributed by atoms with Gasteiger partial charge in [0.2, 0.25) is 0 Å². The van der Waals surface area contributed by atoms with Gasteiger partial charge in [0, 0.05) is 12.2 Å². The predicted octanol–water partition coefficient (Wildman–Crippen LogP) is 2.84. The molecular formula is C20H24N4O3S. The minimum absolute atomic E-state index is 0.129. The van der Waals surface area contributed by atoms with Crippen molar-refractivity contribution in [3.63, 3.8) is 0 Å². The number of aryl methyl sites for hydroxylation is 1. The van der Waals surface area contributed by atoms with Crippen LogP contribution in [0.5, 0.6) is 11.5 Å². The van der Waals surface area contributed by atoms with Gasteiger partial charge in [0.25, 0.3) is 5.91 Å². The molecule has 28 heavy (non-hydrogen) atoms. The summed E-state index contributed by atoms with van der Waals surface area (Å²) in [6, 6.07) is 12.8. The first-order valence-corrected chi connectivity index (χ1v) is 9.17. The summed E-state index contributed by atoms with van der Waals surface area (Å²) in [7, 11) is 1.54. The molecule has 0 aliphatic rings. The molecular weight excluding hydrogens is 376 g/mol. The van der Waals surface area contributed by atoms with Crippen molar-refractivity contribution in [3.8, 4) is 11.5 Å². The number of ether oxygens (including phenoxy) is 2. The summed E-state index contributed by atoms with van der Waals surface area (Å²) in [5, 5.41) is 10.2. The van der Waals surface area contributed by atoms with E-state index in [1.165, 1.54) is 7.11 Å². The number of carbonyl (C=O) groups is 1. The van der Waals surface area contributed by atoms with E-state index in [1.54, 1.807) is 24.4 Å². The van der Waals surface area contributed by atoms with E-state index in [0.29, 0.717) is 16.6 Å². The van der Waals surface area contributed by atoms with E-state index in [1.807, 2.05) is 38.1 Å². The van der Waals surface area contributed by atoms with Gasteiger partial charge in [-0.05, 0) is 62.0 Å². The van der Waals surface area contributed by atoms with Crippen molar-refractivity contribution >= 4 is 35.1 Å². The molecule has 0 aliphatic carbocycles. The molecule has 0 unspecified atom stereocenters. The van der Waals surface area contributed by atoms with Crippen LogP contribution >= 0.6 is 12.2 Å². The molecule has 0 bridgehead atoms. The predicted molar refractivity (Wildman–Crippen MR) is 115 cm³/mol. The zero-order valence-corrected chi connectivity index (χ0v) is 16.9. The first-order chi connectivity index (χ1) is 13.5. The fourth-order valence-corrected chi connectivity index (χ4v) is 2.42. The highest BCUT2D eigenvalue weighted by molar-refractivity contribution is 7.80. The Bertz CT molecular complexity index is 838.